The summed E-state index contributed by atoms with van der Waals surface area (Å²) in [6, 6.07) is 11.0. The minimum absolute atomic E-state index is 0.0961. The number of alkyl halides is 3. The molecule has 0 spiro atoms. The van der Waals surface area contributed by atoms with E-state index in [0.29, 0.717) is 17.2 Å². The standard InChI is InChI=1S/C22H23FN2O4.C2HF3O2/c23-17-5-1-3-15(11-17)20(24-18-6-2-4-16(12-18)21(26)27)22(28)29-19-13-25-9-7-14(19)8-10-25;3-2(4,5)1(6)7/h1-6,11-12,14,19-20,24H,7-10,13H2,(H,26,27);(H,6,7)/t19-,20?;/m0./s1. The van der Waals surface area contributed by atoms with Crippen LogP contribution in [-0.2, 0) is 14.3 Å². The third-order valence-electron chi connectivity index (χ3n) is 5.94. The highest BCUT2D eigenvalue weighted by atomic mass is 19.4. The lowest BCUT2D eigenvalue weighted by Crippen LogP contribution is -2.52. The van der Waals surface area contributed by atoms with Crippen molar-refractivity contribution >= 4 is 23.6 Å². The Morgan fingerprint density at radius 2 is 1.67 bits per heavy atom. The number of aromatic carboxylic acids is 1. The van der Waals surface area contributed by atoms with Gasteiger partial charge < -0.3 is 20.3 Å². The lowest BCUT2D eigenvalue weighted by atomic mass is 9.86. The Morgan fingerprint density at radius 3 is 2.19 bits per heavy atom. The molecule has 36 heavy (non-hydrogen) atoms. The van der Waals surface area contributed by atoms with Crippen molar-refractivity contribution in [2.75, 3.05) is 25.0 Å². The van der Waals surface area contributed by atoms with Gasteiger partial charge in [-0.1, -0.05) is 18.2 Å². The lowest BCUT2D eigenvalue weighted by Gasteiger charge is -2.44. The predicted molar refractivity (Wildman–Crippen MR) is 119 cm³/mol. The Labute approximate surface area is 203 Å². The van der Waals surface area contributed by atoms with Crippen LogP contribution in [0.1, 0.15) is 34.8 Å². The quantitative estimate of drug-likeness (QED) is 0.394. The zero-order valence-electron chi connectivity index (χ0n) is 18.9. The van der Waals surface area contributed by atoms with E-state index >= 15 is 0 Å². The Hall–Kier alpha value is -3.67. The number of rotatable bonds is 6. The highest BCUT2D eigenvalue weighted by Crippen LogP contribution is 2.31. The van der Waals surface area contributed by atoms with Crippen LogP contribution in [0.4, 0.5) is 23.2 Å². The largest absolute Gasteiger partial charge is 0.490 e. The number of hydrogen-bond acceptors (Lipinski definition) is 6. The number of carbonyl (C=O) groups excluding carboxylic acids is 1. The molecular weight excluding hydrogens is 488 g/mol. The van der Waals surface area contributed by atoms with E-state index in [1.54, 1.807) is 18.2 Å². The molecule has 3 aliphatic heterocycles. The van der Waals surface area contributed by atoms with Crippen molar-refractivity contribution < 1.29 is 46.9 Å². The van der Waals surface area contributed by atoms with E-state index in [1.165, 1.54) is 30.3 Å². The molecule has 5 rings (SSSR count). The first-order chi connectivity index (χ1) is 16.9. The Kier molecular flexibility index (Phi) is 8.51. The van der Waals surface area contributed by atoms with Crippen LogP contribution in [0.15, 0.2) is 48.5 Å². The van der Waals surface area contributed by atoms with Gasteiger partial charge >= 0.3 is 24.1 Å². The highest BCUT2D eigenvalue weighted by Gasteiger charge is 2.39. The molecule has 3 saturated heterocycles. The number of aliphatic carboxylic acids is 1. The van der Waals surface area contributed by atoms with Gasteiger partial charge in [0.1, 0.15) is 11.9 Å². The predicted octanol–water partition coefficient (Wildman–Crippen LogP) is 3.95. The molecule has 12 heteroatoms. The first-order valence-electron chi connectivity index (χ1n) is 11.0. The Morgan fingerprint density at radius 1 is 1.03 bits per heavy atom. The number of fused-ring (bicyclic) bond motifs is 3. The molecule has 0 radical (unpaired) electrons. The average Bonchev–Trinajstić information content (AvgIpc) is 2.83. The summed E-state index contributed by atoms with van der Waals surface area (Å²) in [6.45, 7) is 2.79. The number of nitrogens with zero attached hydrogens (tertiary/aromatic N) is 1. The van der Waals surface area contributed by atoms with Crippen LogP contribution >= 0.6 is 0 Å². The fourth-order valence-electron chi connectivity index (χ4n) is 4.13. The Balaban J connectivity index is 0.000000454. The van der Waals surface area contributed by atoms with Gasteiger partial charge in [0.05, 0.1) is 5.56 Å². The summed E-state index contributed by atoms with van der Waals surface area (Å²) >= 11 is 0. The second kappa shape index (κ2) is 11.4. The fourth-order valence-corrected chi connectivity index (χ4v) is 4.13. The van der Waals surface area contributed by atoms with Crippen LogP contribution in [0.2, 0.25) is 0 Å². The summed E-state index contributed by atoms with van der Waals surface area (Å²) in [5.41, 5.74) is 0.973. The Bertz CT molecular complexity index is 1100. The molecular formula is C24H24F4N2O6. The second-order valence-corrected chi connectivity index (χ2v) is 8.43. The molecule has 3 fully saturated rings. The number of ether oxygens (including phenoxy) is 1. The first kappa shape index (κ1) is 26.9. The SMILES string of the molecule is O=C(O)C(F)(F)F.O=C(O)c1cccc(NC(C(=O)O[C@H]2CN3CCC2CC3)c2cccc(F)c2)c1. The summed E-state index contributed by atoms with van der Waals surface area (Å²) in [6.07, 6.45) is -3.24. The third kappa shape index (κ3) is 7.17. The zero-order chi connectivity index (χ0) is 26.5. The van der Waals surface area contributed by atoms with Gasteiger partial charge in [-0.05, 0) is 67.7 Å². The number of anilines is 1. The molecule has 2 aromatic carbocycles. The number of hydrogen-bond donors (Lipinski definition) is 3. The van der Waals surface area contributed by atoms with E-state index in [4.69, 9.17) is 14.6 Å². The number of carbonyl (C=O) groups is 3. The van der Waals surface area contributed by atoms with Gasteiger partial charge in [-0.2, -0.15) is 13.2 Å². The number of esters is 1. The molecule has 0 saturated carbocycles. The maximum Gasteiger partial charge on any atom is 0.490 e. The molecule has 1 unspecified atom stereocenters. The van der Waals surface area contributed by atoms with Crippen molar-refractivity contribution in [1.82, 2.24) is 4.90 Å². The summed E-state index contributed by atoms with van der Waals surface area (Å²) in [5, 5.41) is 19.4. The summed E-state index contributed by atoms with van der Waals surface area (Å²) in [7, 11) is 0. The van der Waals surface area contributed by atoms with Crippen molar-refractivity contribution in [3.05, 3.63) is 65.5 Å². The summed E-state index contributed by atoms with van der Waals surface area (Å²) in [4.78, 5) is 35.5. The number of benzene rings is 2. The van der Waals surface area contributed by atoms with Crippen molar-refractivity contribution in [1.29, 1.82) is 0 Å². The molecule has 2 atom stereocenters. The zero-order valence-corrected chi connectivity index (χ0v) is 18.9. The van der Waals surface area contributed by atoms with E-state index in [1.807, 2.05) is 0 Å². The number of nitrogens with one attached hydrogen (secondary N) is 1. The lowest BCUT2D eigenvalue weighted by molar-refractivity contribution is -0.192. The molecule has 2 aromatic rings. The van der Waals surface area contributed by atoms with Crippen LogP contribution in [0.5, 0.6) is 0 Å². The van der Waals surface area contributed by atoms with Crippen LogP contribution in [0.25, 0.3) is 0 Å². The number of carboxylic acid groups (broad SMARTS) is 2. The molecule has 0 aliphatic carbocycles. The van der Waals surface area contributed by atoms with Gasteiger partial charge in [-0.3, -0.25) is 4.90 Å². The first-order valence-corrected chi connectivity index (χ1v) is 11.0. The van der Waals surface area contributed by atoms with Gasteiger partial charge in [-0.25, -0.2) is 18.8 Å². The van der Waals surface area contributed by atoms with Crippen molar-refractivity contribution in [2.45, 2.75) is 31.2 Å². The van der Waals surface area contributed by atoms with Crippen LogP contribution < -0.4 is 5.32 Å². The topological polar surface area (TPSA) is 116 Å². The normalized spacial score (nSPS) is 21.5. The van der Waals surface area contributed by atoms with Gasteiger partial charge in [0.25, 0.3) is 0 Å². The molecule has 0 aromatic heterocycles. The average molecular weight is 512 g/mol. The molecule has 3 heterocycles. The van der Waals surface area contributed by atoms with Gasteiger partial charge in [0, 0.05) is 12.2 Å². The molecule has 8 nitrogen and oxygen atoms in total. The van der Waals surface area contributed by atoms with E-state index in [0.717, 1.165) is 32.5 Å². The van der Waals surface area contributed by atoms with Crippen LogP contribution in [0, 0.1) is 11.7 Å². The maximum absolute atomic E-state index is 13.8. The van der Waals surface area contributed by atoms with Gasteiger partial charge in [0.15, 0.2) is 6.04 Å². The number of halogens is 4. The molecule has 3 aliphatic rings. The van der Waals surface area contributed by atoms with E-state index in [-0.39, 0.29) is 11.7 Å². The van der Waals surface area contributed by atoms with E-state index in [2.05, 4.69) is 10.2 Å². The monoisotopic (exact) mass is 512 g/mol. The smallest absolute Gasteiger partial charge is 0.478 e. The van der Waals surface area contributed by atoms with Crippen molar-refractivity contribution in [2.24, 2.45) is 5.92 Å². The fraction of sp³-hybridized carbons (Fsp3) is 0.375. The van der Waals surface area contributed by atoms with Gasteiger partial charge in [-0.15, -0.1) is 0 Å². The number of piperidine rings is 3. The van der Waals surface area contributed by atoms with E-state index < -0.39 is 35.9 Å². The van der Waals surface area contributed by atoms with Crippen molar-refractivity contribution in [3.63, 3.8) is 0 Å². The summed E-state index contributed by atoms with van der Waals surface area (Å²) < 4.78 is 51.4. The maximum atomic E-state index is 13.8. The van der Waals surface area contributed by atoms with Crippen LogP contribution in [-0.4, -0.2) is 64.9 Å². The highest BCUT2D eigenvalue weighted by molar-refractivity contribution is 5.89. The molecule has 194 valence electrons. The number of carboxylic acids is 2. The van der Waals surface area contributed by atoms with E-state index in [9.17, 15) is 32.3 Å². The molecule has 0 amide bonds. The molecule has 3 N–H and O–H groups in total. The summed E-state index contributed by atoms with van der Waals surface area (Å²) in [5.74, 6) is -4.41. The molecule has 2 bridgehead atoms. The van der Waals surface area contributed by atoms with Crippen LogP contribution in [0.3, 0.4) is 0 Å². The minimum Gasteiger partial charge on any atom is -0.478 e. The second-order valence-electron chi connectivity index (χ2n) is 8.43. The minimum atomic E-state index is -5.08. The van der Waals surface area contributed by atoms with Gasteiger partial charge in [0.2, 0.25) is 0 Å². The third-order valence-corrected chi connectivity index (χ3v) is 5.94. The van der Waals surface area contributed by atoms with Crippen molar-refractivity contribution in [3.8, 4) is 0 Å².